The van der Waals surface area contributed by atoms with E-state index >= 15 is 0 Å². The van der Waals surface area contributed by atoms with Crippen molar-refractivity contribution in [2.24, 2.45) is 0 Å². The van der Waals surface area contributed by atoms with Gasteiger partial charge in [0, 0.05) is 35.4 Å². The largest absolute Gasteiger partial charge is 0.373 e. The van der Waals surface area contributed by atoms with Crippen LogP contribution < -0.4 is 5.32 Å². The molecule has 0 unspecified atom stereocenters. The van der Waals surface area contributed by atoms with Crippen molar-refractivity contribution in [2.45, 2.75) is 52.0 Å². The minimum Gasteiger partial charge on any atom is -0.373 e. The SMILES string of the molecule is CC(C)NCc1ccc(COC2CCN(C)CC2)s1. The summed E-state index contributed by atoms with van der Waals surface area (Å²) in [5, 5.41) is 3.45. The van der Waals surface area contributed by atoms with Crippen LogP contribution in [0.5, 0.6) is 0 Å². The molecule has 1 aliphatic rings. The Kier molecular flexibility index (Phi) is 5.82. The van der Waals surface area contributed by atoms with Crippen molar-refractivity contribution in [3.05, 3.63) is 21.9 Å². The van der Waals surface area contributed by atoms with E-state index in [1.54, 1.807) is 0 Å². The quantitative estimate of drug-likeness (QED) is 0.868. The minimum atomic E-state index is 0.454. The molecule has 0 atom stereocenters. The number of nitrogens with one attached hydrogen (secondary N) is 1. The number of hydrogen-bond acceptors (Lipinski definition) is 4. The van der Waals surface area contributed by atoms with E-state index in [1.807, 2.05) is 11.3 Å². The summed E-state index contributed by atoms with van der Waals surface area (Å²) in [7, 11) is 2.18. The Hall–Kier alpha value is -0.420. The summed E-state index contributed by atoms with van der Waals surface area (Å²) in [5.41, 5.74) is 0. The molecule has 1 saturated heterocycles. The zero-order chi connectivity index (χ0) is 13.7. The van der Waals surface area contributed by atoms with Gasteiger partial charge >= 0.3 is 0 Å². The van der Waals surface area contributed by atoms with Gasteiger partial charge < -0.3 is 15.0 Å². The monoisotopic (exact) mass is 282 g/mol. The van der Waals surface area contributed by atoms with Gasteiger partial charge in [-0.15, -0.1) is 11.3 Å². The first kappa shape index (κ1) is 15.0. The molecule has 2 rings (SSSR count). The fourth-order valence-electron chi connectivity index (χ4n) is 2.25. The van der Waals surface area contributed by atoms with Crippen LogP contribution in [0.1, 0.15) is 36.4 Å². The van der Waals surface area contributed by atoms with Gasteiger partial charge in [-0.25, -0.2) is 0 Å². The average Bonchev–Trinajstić information content (AvgIpc) is 2.84. The first-order valence-corrected chi connectivity index (χ1v) is 8.06. The van der Waals surface area contributed by atoms with Crippen molar-refractivity contribution in [3.8, 4) is 0 Å². The molecule has 1 aliphatic heterocycles. The molecular weight excluding hydrogens is 256 g/mol. The number of thiophene rings is 1. The lowest BCUT2D eigenvalue weighted by Crippen LogP contribution is -2.34. The van der Waals surface area contributed by atoms with E-state index in [0.717, 1.165) is 13.2 Å². The highest BCUT2D eigenvalue weighted by molar-refractivity contribution is 7.11. The summed E-state index contributed by atoms with van der Waals surface area (Å²) < 4.78 is 6.02. The molecule has 0 amide bonds. The number of hydrogen-bond donors (Lipinski definition) is 1. The lowest BCUT2D eigenvalue weighted by atomic mass is 10.1. The highest BCUT2D eigenvalue weighted by Gasteiger charge is 2.17. The predicted molar refractivity (Wildman–Crippen MR) is 81.6 cm³/mol. The predicted octanol–water partition coefficient (Wildman–Crippen LogP) is 2.86. The minimum absolute atomic E-state index is 0.454. The molecule has 1 N–H and O–H groups in total. The first-order chi connectivity index (χ1) is 9.13. The summed E-state index contributed by atoms with van der Waals surface area (Å²) >= 11 is 1.87. The van der Waals surface area contributed by atoms with E-state index in [2.05, 4.69) is 43.2 Å². The Bertz CT molecular complexity index is 370. The summed E-state index contributed by atoms with van der Waals surface area (Å²) in [6.07, 6.45) is 2.79. The Morgan fingerprint density at radius 1 is 1.32 bits per heavy atom. The van der Waals surface area contributed by atoms with Gasteiger partial charge in [0.1, 0.15) is 0 Å². The number of piperidine rings is 1. The van der Waals surface area contributed by atoms with Crippen LogP contribution in [0.4, 0.5) is 0 Å². The lowest BCUT2D eigenvalue weighted by Gasteiger charge is -2.28. The molecule has 0 aromatic carbocycles. The third kappa shape index (κ3) is 5.22. The molecule has 4 heteroatoms. The maximum atomic E-state index is 6.02. The molecule has 1 fully saturated rings. The van der Waals surface area contributed by atoms with Crippen molar-refractivity contribution >= 4 is 11.3 Å². The van der Waals surface area contributed by atoms with Crippen LogP contribution in [0.3, 0.4) is 0 Å². The molecule has 19 heavy (non-hydrogen) atoms. The third-order valence-corrected chi connectivity index (χ3v) is 4.59. The second kappa shape index (κ2) is 7.39. The summed E-state index contributed by atoms with van der Waals surface area (Å²) in [6.45, 7) is 8.43. The zero-order valence-electron chi connectivity index (χ0n) is 12.3. The Morgan fingerprint density at radius 2 is 2.00 bits per heavy atom. The van der Waals surface area contributed by atoms with Crippen LogP contribution in [0.2, 0.25) is 0 Å². The van der Waals surface area contributed by atoms with Crippen LogP contribution in [0.15, 0.2) is 12.1 Å². The molecule has 0 bridgehead atoms. The van der Waals surface area contributed by atoms with E-state index in [9.17, 15) is 0 Å². The Labute approximate surface area is 121 Å². The topological polar surface area (TPSA) is 24.5 Å². The van der Waals surface area contributed by atoms with Crippen LogP contribution in [-0.4, -0.2) is 37.2 Å². The maximum Gasteiger partial charge on any atom is 0.0813 e. The third-order valence-electron chi connectivity index (χ3n) is 3.53. The van der Waals surface area contributed by atoms with Crippen molar-refractivity contribution in [3.63, 3.8) is 0 Å². The van der Waals surface area contributed by atoms with E-state index < -0.39 is 0 Å². The molecule has 3 nitrogen and oxygen atoms in total. The maximum absolute atomic E-state index is 6.02. The molecule has 108 valence electrons. The van der Waals surface area contributed by atoms with Crippen molar-refractivity contribution in [2.75, 3.05) is 20.1 Å². The van der Waals surface area contributed by atoms with E-state index in [-0.39, 0.29) is 0 Å². The van der Waals surface area contributed by atoms with Gasteiger partial charge in [-0.05, 0) is 32.0 Å². The molecule has 0 saturated carbocycles. The average molecular weight is 282 g/mol. The number of nitrogens with zero attached hydrogens (tertiary/aromatic N) is 1. The molecule has 0 radical (unpaired) electrons. The number of likely N-dealkylation sites (tertiary alicyclic amines) is 1. The standard InChI is InChI=1S/C15H26N2OS/c1-12(2)16-10-14-4-5-15(19-14)11-18-13-6-8-17(3)9-7-13/h4-5,12-13,16H,6-11H2,1-3H3. The summed E-state index contributed by atoms with van der Waals surface area (Å²) in [4.78, 5) is 5.12. The second-order valence-corrected chi connectivity index (χ2v) is 6.97. The molecular formula is C15H26N2OS. The van der Waals surface area contributed by atoms with Gasteiger partial charge in [0.2, 0.25) is 0 Å². The van der Waals surface area contributed by atoms with Crippen LogP contribution in [0.25, 0.3) is 0 Å². The summed E-state index contributed by atoms with van der Waals surface area (Å²) in [6, 6.07) is 4.96. The number of ether oxygens (including phenoxy) is 1. The first-order valence-electron chi connectivity index (χ1n) is 7.24. The normalized spacial score (nSPS) is 18.3. The van der Waals surface area contributed by atoms with E-state index in [4.69, 9.17) is 4.74 Å². The fourth-order valence-corrected chi connectivity index (χ4v) is 3.14. The highest BCUT2D eigenvalue weighted by Crippen LogP contribution is 2.20. The second-order valence-electron chi connectivity index (χ2n) is 5.72. The van der Waals surface area contributed by atoms with Crippen molar-refractivity contribution < 1.29 is 4.74 Å². The fraction of sp³-hybridized carbons (Fsp3) is 0.733. The van der Waals surface area contributed by atoms with Gasteiger partial charge in [0.25, 0.3) is 0 Å². The van der Waals surface area contributed by atoms with Gasteiger partial charge in [0.05, 0.1) is 12.7 Å². The highest BCUT2D eigenvalue weighted by atomic mass is 32.1. The molecule has 0 aliphatic carbocycles. The number of rotatable bonds is 6. The lowest BCUT2D eigenvalue weighted by molar-refractivity contribution is 0.00331. The molecule has 0 spiro atoms. The Balaban J connectivity index is 1.71. The smallest absolute Gasteiger partial charge is 0.0813 e. The van der Waals surface area contributed by atoms with Crippen LogP contribution >= 0.6 is 11.3 Å². The molecule has 1 aromatic rings. The van der Waals surface area contributed by atoms with E-state index in [1.165, 1.54) is 35.7 Å². The zero-order valence-corrected chi connectivity index (χ0v) is 13.1. The van der Waals surface area contributed by atoms with Gasteiger partial charge in [-0.2, -0.15) is 0 Å². The van der Waals surface area contributed by atoms with Crippen LogP contribution in [-0.2, 0) is 17.9 Å². The molecule has 1 aromatic heterocycles. The Morgan fingerprint density at radius 3 is 2.68 bits per heavy atom. The van der Waals surface area contributed by atoms with Gasteiger partial charge in [0.15, 0.2) is 0 Å². The van der Waals surface area contributed by atoms with Gasteiger partial charge in [-0.3, -0.25) is 0 Å². The van der Waals surface area contributed by atoms with Crippen LogP contribution in [0, 0.1) is 0 Å². The molecule has 2 heterocycles. The summed E-state index contributed by atoms with van der Waals surface area (Å²) in [5.74, 6) is 0. The van der Waals surface area contributed by atoms with E-state index in [0.29, 0.717) is 12.1 Å². The van der Waals surface area contributed by atoms with Gasteiger partial charge in [-0.1, -0.05) is 13.8 Å². The van der Waals surface area contributed by atoms with Crippen molar-refractivity contribution in [1.82, 2.24) is 10.2 Å². The van der Waals surface area contributed by atoms with Crippen molar-refractivity contribution in [1.29, 1.82) is 0 Å².